The van der Waals surface area contributed by atoms with Crippen LogP contribution in [-0.4, -0.2) is 50.7 Å². The van der Waals surface area contributed by atoms with Crippen LogP contribution >= 0.6 is 0 Å². The molecule has 7 nitrogen and oxygen atoms in total. The molecule has 0 spiro atoms. The lowest BCUT2D eigenvalue weighted by atomic mass is 9.76. The van der Waals surface area contributed by atoms with Crippen LogP contribution in [0.2, 0.25) is 0 Å². The number of urea groups is 1. The van der Waals surface area contributed by atoms with Crippen molar-refractivity contribution in [1.29, 1.82) is 0 Å². The number of hydrogen-bond acceptors (Lipinski definition) is 3. The van der Waals surface area contributed by atoms with Gasteiger partial charge in [-0.1, -0.05) is 13.8 Å². The number of aliphatic carboxylic acids is 1. The van der Waals surface area contributed by atoms with Gasteiger partial charge in [0.1, 0.15) is 6.04 Å². The average molecular weight is 294 g/mol. The third kappa shape index (κ3) is 3.53. The van der Waals surface area contributed by atoms with E-state index in [0.29, 0.717) is 19.6 Å². The smallest absolute Gasteiger partial charge is 0.327 e. The van der Waals surface area contributed by atoms with Crippen molar-refractivity contribution in [3.8, 4) is 0 Å². The Balaban J connectivity index is 1.94. The molecule has 0 radical (unpaired) electrons. The van der Waals surface area contributed by atoms with Crippen molar-refractivity contribution >= 4 is 12.0 Å². The summed E-state index contributed by atoms with van der Waals surface area (Å²) in [4.78, 5) is 29.1. The molecule has 1 aliphatic rings. The van der Waals surface area contributed by atoms with Crippen LogP contribution in [0.4, 0.5) is 4.79 Å². The van der Waals surface area contributed by atoms with Gasteiger partial charge in [0.15, 0.2) is 0 Å². The summed E-state index contributed by atoms with van der Waals surface area (Å²) in [5.41, 5.74) is -0.411. The Kier molecular flexibility index (Phi) is 4.50. The highest BCUT2D eigenvalue weighted by atomic mass is 16.4. The number of aromatic nitrogens is 2. The van der Waals surface area contributed by atoms with Gasteiger partial charge in [-0.2, -0.15) is 0 Å². The van der Waals surface area contributed by atoms with E-state index in [2.05, 4.69) is 10.3 Å². The lowest BCUT2D eigenvalue weighted by Crippen LogP contribution is -2.58. The zero-order valence-corrected chi connectivity index (χ0v) is 12.5. The van der Waals surface area contributed by atoms with Crippen LogP contribution in [0.15, 0.2) is 18.7 Å². The zero-order chi connectivity index (χ0) is 15.5. The summed E-state index contributed by atoms with van der Waals surface area (Å²) in [5, 5.41) is 12.2. The van der Waals surface area contributed by atoms with Crippen molar-refractivity contribution < 1.29 is 14.7 Å². The normalized spacial score (nSPS) is 21.0. The lowest BCUT2D eigenvalue weighted by Gasteiger charge is -2.43. The maximum atomic E-state index is 12.3. The minimum Gasteiger partial charge on any atom is -0.480 e. The fourth-order valence-corrected chi connectivity index (χ4v) is 2.89. The molecule has 0 aliphatic carbocycles. The van der Waals surface area contributed by atoms with E-state index in [0.717, 1.165) is 12.8 Å². The van der Waals surface area contributed by atoms with Gasteiger partial charge < -0.3 is 19.9 Å². The number of piperidine rings is 1. The number of carbonyl (C=O) groups excluding carboxylic acids is 1. The topological polar surface area (TPSA) is 87.5 Å². The van der Waals surface area contributed by atoms with Gasteiger partial charge in [0, 0.05) is 32.0 Å². The molecule has 1 aliphatic heterocycles. The number of carbonyl (C=O) groups is 2. The third-order valence-corrected chi connectivity index (χ3v) is 3.97. The van der Waals surface area contributed by atoms with E-state index in [1.165, 1.54) is 4.90 Å². The lowest BCUT2D eigenvalue weighted by molar-refractivity contribution is -0.148. The van der Waals surface area contributed by atoms with Crippen molar-refractivity contribution in [3.63, 3.8) is 0 Å². The van der Waals surface area contributed by atoms with Crippen molar-refractivity contribution in [2.45, 2.75) is 39.3 Å². The first-order valence-electron chi connectivity index (χ1n) is 7.15. The molecule has 2 amide bonds. The molecule has 0 bridgehead atoms. The van der Waals surface area contributed by atoms with Gasteiger partial charge in [-0.15, -0.1) is 0 Å². The molecule has 2 rings (SSSR count). The average Bonchev–Trinajstić information content (AvgIpc) is 2.89. The molecule has 116 valence electrons. The van der Waals surface area contributed by atoms with E-state index in [4.69, 9.17) is 0 Å². The summed E-state index contributed by atoms with van der Waals surface area (Å²) in [6.45, 7) is 5.34. The molecule has 1 atom stereocenters. The van der Waals surface area contributed by atoms with E-state index in [-0.39, 0.29) is 6.03 Å². The minimum absolute atomic E-state index is 0.310. The monoisotopic (exact) mass is 294 g/mol. The van der Waals surface area contributed by atoms with Crippen LogP contribution in [0, 0.1) is 5.41 Å². The van der Waals surface area contributed by atoms with Crippen LogP contribution in [0.5, 0.6) is 0 Å². The standard InChI is InChI=1S/C14H22N4O3/c1-14(2)4-3-7-18(11(14)12(19)20)13(21)16-6-9-17-8-5-15-10-17/h5,8,10-11H,3-4,6-7,9H2,1-2H3,(H,16,21)(H,19,20). The molecule has 1 aromatic rings. The Morgan fingerprint density at radius 2 is 2.24 bits per heavy atom. The Hall–Kier alpha value is -2.05. The molecule has 2 heterocycles. The SMILES string of the molecule is CC1(C)CCCN(C(=O)NCCn2ccnc2)C1C(=O)O. The Morgan fingerprint density at radius 3 is 2.86 bits per heavy atom. The number of nitrogens with one attached hydrogen (secondary N) is 1. The van der Waals surface area contributed by atoms with E-state index in [9.17, 15) is 14.7 Å². The Bertz CT molecular complexity index is 498. The molecule has 1 fully saturated rings. The number of nitrogens with zero attached hydrogens (tertiary/aromatic N) is 3. The highest BCUT2D eigenvalue weighted by Gasteiger charge is 2.44. The number of amides is 2. The summed E-state index contributed by atoms with van der Waals surface area (Å²) in [6.07, 6.45) is 6.80. The maximum absolute atomic E-state index is 12.3. The first-order chi connectivity index (χ1) is 9.92. The number of rotatable bonds is 4. The molecular formula is C14H22N4O3. The number of hydrogen-bond donors (Lipinski definition) is 2. The second-order valence-corrected chi connectivity index (χ2v) is 6.06. The van der Waals surface area contributed by atoms with Crippen LogP contribution in [0.1, 0.15) is 26.7 Å². The summed E-state index contributed by atoms with van der Waals surface area (Å²) in [6, 6.07) is -1.09. The van der Waals surface area contributed by atoms with Gasteiger partial charge in [0.05, 0.1) is 6.33 Å². The molecule has 0 aromatic carbocycles. The number of imidazole rings is 1. The van der Waals surface area contributed by atoms with Gasteiger partial charge in [0.25, 0.3) is 0 Å². The Labute approximate surface area is 124 Å². The molecular weight excluding hydrogens is 272 g/mol. The van der Waals surface area contributed by atoms with E-state index in [1.54, 1.807) is 12.5 Å². The summed E-state index contributed by atoms with van der Waals surface area (Å²) < 4.78 is 1.86. The predicted octanol–water partition coefficient (Wildman–Crippen LogP) is 1.17. The summed E-state index contributed by atoms with van der Waals surface area (Å²) in [5.74, 6) is -0.940. The van der Waals surface area contributed by atoms with Gasteiger partial charge >= 0.3 is 12.0 Å². The van der Waals surface area contributed by atoms with Gasteiger partial charge in [-0.25, -0.2) is 14.6 Å². The van der Waals surface area contributed by atoms with Crippen LogP contribution in [0.3, 0.4) is 0 Å². The molecule has 2 N–H and O–H groups in total. The van der Waals surface area contributed by atoms with Gasteiger partial charge in [0.2, 0.25) is 0 Å². The van der Waals surface area contributed by atoms with E-state index in [1.807, 2.05) is 24.6 Å². The van der Waals surface area contributed by atoms with Crippen molar-refractivity contribution in [3.05, 3.63) is 18.7 Å². The van der Waals surface area contributed by atoms with Crippen molar-refractivity contribution in [2.24, 2.45) is 5.41 Å². The second kappa shape index (κ2) is 6.15. The van der Waals surface area contributed by atoms with Gasteiger partial charge in [-0.3, -0.25) is 0 Å². The minimum atomic E-state index is -0.940. The van der Waals surface area contributed by atoms with Crippen LogP contribution < -0.4 is 5.32 Å². The van der Waals surface area contributed by atoms with Crippen molar-refractivity contribution in [2.75, 3.05) is 13.1 Å². The maximum Gasteiger partial charge on any atom is 0.327 e. The molecule has 1 aromatic heterocycles. The third-order valence-electron chi connectivity index (χ3n) is 3.97. The molecule has 0 saturated carbocycles. The first-order valence-corrected chi connectivity index (χ1v) is 7.15. The van der Waals surface area contributed by atoms with Crippen LogP contribution in [0.25, 0.3) is 0 Å². The fourth-order valence-electron chi connectivity index (χ4n) is 2.89. The second-order valence-electron chi connectivity index (χ2n) is 6.06. The number of likely N-dealkylation sites (tertiary alicyclic amines) is 1. The summed E-state index contributed by atoms with van der Waals surface area (Å²) >= 11 is 0. The number of carboxylic acids is 1. The summed E-state index contributed by atoms with van der Waals surface area (Å²) in [7, 11) is 0. The highest BCUT2D eigenvalue weighted by Crippen LogP contribution is 2.35. The molecule has 21 heavy (non-hydrogen) atoms. The molecule has 1 unspecified atom stereocenters. The Morgan fingerprint density at radius 1 is 1.48 bits per heavy atom. The van der Waals surface area contributed by atoms with Gasteiger partial charge in [-0.05, 0) is 18.3 Å². The van der Waals surface area contributed by atoms with Crippen LogP contribution in [-0.2, 0) is 11.3 Å². The number of carboxylic acid groups (broad SMARTS) is 1. The van der Waals surface area contributed by atoms with E-state index < -0.39 is 17.4 Å². The quantitative estimate of drug-likeness (QED) is 0.872. The fraction of sp³-hybridized carbons (Fsp3) is 0.643. The zero-order valence-electron chi connectivity index (χ0n) is 12.5. The largest absolute Gasteiger partial charge is 0.480 e. The predicted molar refractivity (Wildman–Crippen MR) is 76.8 cm³/mol. The highest BCUT2D eigenvalue weighted by molar-refractivity contribution is 5.83. The van der Waals surface area contributed by atoms with Crippen molar-refractivity contribution in [1.82, 2.24) is 19.8 Å². The van der Waals surface area contributed by atoms with E-state index >= 15 is 0 Å². The molecule has 7 heteroatoms. The molecule has 1 saturated heterocycles. The first kappa shape index (κ1) is 15.3.